The lowest BCUT2D eigenvalue weighted by molar-refractivity contribution is -0.121. The Hall–Kier alpha value is -3.74. The van der Waals surface area contributed by atoms with Crippen LogP contribution in [-0.4, -0.2) is 25.7 Å². The van der Waals surface area contributed by atoms with Gasteiger partial charge in [-0.05, 0) is 29.3 Å². The quantitative estimate of drug-likeness (QED) is 0.543. The Labute approximate surface area is 161 Å². The molecule has 4 aromatic rings. The summed E-state index contributed by atoms with van der Waals surface area (Å²) in [5, 5.41) is 10.3. The van der Waals surface area contributed by atoms with Crippen molar-refractivity contribution in [3.05, 3.63) is 83.0 Å². The van der Waals surface area contributed by atoms with E-state index in [9.17, 15) is 9.59 Å². The lowest BCUT2D eigenvalue weighted by Crippen LogP contribution is -2.27. The highest BCUT2D eigenvalue weighted by molar-refractivity contribution is 5.77. The third-order valence-electron chi connectivity index (χ3n) is 4.57. The molecule has 2 aromatic heterocycles. The smallest absolute Gasteiger partial charge is 0.261 e. The molecule has 7 heteroatoms. The summed E-state index contributed by atoms with van der Waals surface area (Å²) in [4.78, 5) is 28.9. The molecular formula is C21H19N5O2. The van der Waals surface area contributed by atoms with Crippen LogP contribution in [0, 0.1) is 0 Å². The minimum atomic E-state index is -0.132. The molecule has 28 heavy (non-hydrogen) atoms. The van der Waals surface area contributed by atoms with Gasteiger partial charge in [0.1, 0.15) is 0 Å². The maximum Gasteiger partial charge on any atom is 0.261 e. The van der Waals surface area contributed by atoms with E-state index in [4.69, 9.17) is 0 Å². The second-order valence-electron chi connectivity index (χ2n) is 6.45. The van der Waals surface area contributed by atoms with Crippen molar-refractivity contribution in [2.75, 3.05) is 0 Å². The molecule has 1 amide bonds. The molecule has 0 aliphatic heterocycles. The second kappa shape index (κ2) is 7.87. The first-order valence-corrected chi connectivity index (χ1v) is 9.00. The highest BCUT2D eigenvalue weighted by atomic mass is 16.1. The number of rotatable bonds is 6. The molecule has 2 heterocycles. The molecule has 0 fully saturated rings. The number of aryl methyl sites for hydroxylation is 1. The van der Waals surface area contributed by atoms with Gasteiger partial charge in [0.15, 0.2) is 0 Å². The van der Waals surface area contributed by atoms with E-state index in [1.54, 1.807) is 24.4 Å². The zero-order valence-electron chi connectivity index (χ0n) is 15.1. The predicted molar refractivity (Wildman–Crippen MR) is 106 cm³/mol. The van der Waals surface area contributed by atoms with Gasteiger partial charge in [0.2, 0.25) is 5.91 Å². The fraction of sp³-hybridized carbons (Fsp3) is 0.143. The summed E-state index contributed by atoms with van der Waals surface area (Å²) < 4.78 is 1.47. The van der Waals surface area contributed by atoms with Gasteiger partial charge >= 0.3 is 0 Å². The standard InChI is InChI=1S/C21H19N5O2/c27-20(10-12-26-14-23-19-4-2-1-3-17(19)21(26)28)22-13-15-5-7-16(8-6-15)18-9-11-24-25-18/h1-9,11,14H,10,12-13H2,(H,22,27)(H,24,25). The first-order valence-electron chi connectivity index (χ1n) is 9.00. The maximum atomic E-state index is 12.4. The summed E-state index contributed by atoms with van der Waals surface area (Å²) in [5.41, 5.74) is 3.52. The molecule has 7 nitrogen and oxygen atoms in total. The van der Waals surface area contributed by atoms with Gasteiger partial charge < -0.3 is 5.32 Å². The normalized spacial score (nSPS) is 10.9. The molecule has 2 aromatic carbocycles. The topological polar surface area (TPSA) is 92.7 Å². The Kier molecular flexibility index (Phi) is 4.97. The van der Waals surface area contributed by atoms with E-state index in [0.717, 1.165) is 16.8 Å². The van der Waals surface area contributed by atoms with Gasteiger partial charge in [-0.1, -0.05) is 36.4 Å². The molecule has 0 saturated carbocycles. The highest BCUT2D eigenvalue weighted by Gasteiger charge is 2.07. The third kappa shape index (κ3) is 3.83. The molecule has 0 unspecified atom stereocenters. The second-order valence-corrected chi connectivity index (χ2v) is 6.45. The van der Waals surface area contributed by atoms with Crippen molar-refractivity contribution in [3.8, 4) is 11.3 Å². The number of hydrogen-bond donors (Lipinski definition) is 2. The average Bonchev–Trinajstić information content (AvgIpc) is 3.27. The van der Waals surface area contributed by atoms with Gasteiger partial charge in [-0.15, -0.1) is 0 Å². The fourth-order valence-electron chi connectivity index (χ4n) is 3.00. The monoisotopic (exact) mass is 373 g/mol. The first-order chi connectivity index (χ1) is 13.7. The summed E-state index contributed by atoms with van der Waals surface area (Å²) >= 11 is 0. The van der Waals surface area contributed by atoms with E-state index >= 15 is 0 Å². The Morgan fingerprint density at radius 3 is 2.68 bits per heavy atom. The van der Waals surface area contributed by atoms with Crippen LogP contribution in [0.3, 0.4) is 0 Å². The Morgan fingerprint density at radius 1 is 1.07 bits per heavy atom. The molecule has 0 saturated heterocycles. The lowest BCUT2D eigenvalue weighted by Gasteiger charge is -2.08. The number of nitrogens with one attached hydrogen (secondary N) is 2. The summed E-state index contributed by atoms with van der Waals surface area (Å²) in [5.74, 6) is -0.113. The number of hydrogen-bond acceptors (Lipinski definition) is 4. The van der Waals surface area contributed by atoms with Gasteiger partial charge in [0.05, 0.1) is 22.9 Å². The van der Waals surface area contributed by atoms with Gasteiger partial charge in [-0.25, -0.2) is 4.98 Å². The molecule has 0 spiro atoms. The molecule has 4 rings (SSSR count). The SMILES string of the molecule is O=C(CCn1cnc2ccccc2c1=O)NCc1ccc(-c2ccn[nH]2)cc1. The Morgan fingerprint density at radius 2 is 1.89 bits per heavy atom. The molecule has 0 aliphatic rings. The van der Waals surface area contributed by atoms with Crippen LogP contribution in [-0.2, 0) is 17.9 Å². The molecule has 0 bridgehead atoms. The number of nitrogens with zero attached hydrogens (tertiary/aromatic N) is 3. The van der Waals surface area contributed by atoms with Crippen LogP contribution < -0.4 is 10.9 Å². The van der Waals surface area contributed by atoms with Crippen LogP contribution >= 0.6 is 0 Å². The van der Waals surface area contributed by atoms with E-state index in [-0.39, 0.29) is 17.9 Å². The van der Waals surface area contributed by atoms with Gasteiger partial charge in [-0.3, -0.25) is 19.3 Å². The van der Waals surface area contributed by atoms with Crippen LogP contribution in [0.4, 0.5) is 0 Å². The number of carbonyl (C=O) groups is 1. The van der Waals surface area contributed by atoms with Crippen molar-refractivity contribution in [2.24, 2.45) is 0 Å². The van der Waals surface area contributed by atoms with Crippen LogP contribution in [0.15, 0.2) is 71.9 Å². The Balaban J connectivity index is 1.33. The average molecular weight is 373 g/mol. The predicted octanol–water partition coefficient (Wildman–Crippen LogP) is 2.49. The summed E-state index contributed by atoms with van der Waals surface area (Å²) in [7, 11) is 0. The van der Waals surface area contributed by atoms with Crippen LogP contribution in [0.25, 0.3) is 22.2 Å². The van der Waals surface area contributed by atoms with Gasteiger partial charge in [-0.2, -0.15) is 5.10 Å². The van der Waals surface area contributed by atoms with Crippen molar-refractivity contribution in [2.45, 2.75) is 19.5 Å². The van der Waals surface area contributed by atoms with E-state index in [0.29, 0.717) is 24.0 Å². The molecule has 140 valence electrons. The molecule has 0 atom stereocenters. The Bertz CT molecular complexity index is 1150. The maximum absolute atomic E-state index is 12.4. The van der Waals surface area contributed by atoms with E-state index in [2.05, 4.69) is 20.5 Å². The van der Waals surface area contributed by atoms with E-state index in [1.807, 2.05) is 36.4 Å². The number of benzene rings is 2. The number of para-hydroxylation sites is 1. The number of amides is 1. The molecule has 0 radical (unpaired) electrons. The number of carbonyl (C=O) groups excluding carboxylic acids is 1. The van der Waals surface area contributed by atoms with Crippen molar-refractivity contribution in [1.82, 2.24) is 25.1 Å². The van der Waals surface area contributed by atoms with Gasteiger partial charge in [0, 0.05) is 25.7 Å². The summed E-state index contributed by atoms with van der Waals surface area (Å²) in [6.45, 7) is 0.730. The molecular weight excluding hydrogens is 354 g/mol. The summed E-state index contributed by atoms with van der Waals surface area (Å²) in [6.07, 6.45) is 3.41. The number of fused-ring (bicyclic) bond motifs is 1. The molecule has 2 N–H and O–H groups in total. The zero-order chi connectivity index (χ0) is 19.3. The fourth-order valence-corrected chi connectivity index (χ4v) is 3.00. The third-order valence-corrected chi connectivity index (χ3v) is 4.57. The largest absolute Gasteiger partial charge is 0.352 e. The first kappa shape index (κ1) is 17.7. The van der Waals surface area contributed by atoms with Crippen molar-refractivity contribution in [1.29, 1.82) is 0 Å². The van der Waals surface area contributed by atoms with E-state index in [1.165, 1.54) is 10.9 Å². The lowest BCUT2D eigenvalue weighted by atomic mass is 10.1. The number of aromatic nitrogens is 4. The number of H-pyrrole nitrogens is 1. The number of aromatic amines is 1. The summed E-state index contributed by atoms with van der Waals surface area (Å²) in [6, 6.07) is 17.0. The highest BCUT2D eigenvalue weighted by Crippen LogP contribution is 2.16. The van der Waals surface area contributed by atoms with Crippen LogP contribution in [0.1, 0.15) is 12.0 Å². The van der Waals surface area contributed by atoms with Crippen molar-refractivity contribution >= 4 is 16.8 Å². The minimum Gasteiger partial charge on any atom is -0.352 e. The van der Waals surface area contributed by atoms with Crippen molar-refractivity contribution < 1.29 is 4.79 Å². The molecule has 0 aliphatic carbocycles. The van der Waals surface area contributed by atoms with Crippen molar-refractivity contribution in [3.63, 3.8) is 0 Å². The van der Waals surface area contributed by atoms with E-state index < -0.39 is 0 Å². The van der Waals surface area contributed by atoms with Crippen LogP contribution in [0.2, 0.25) is 0 Å². The minimum absolute atomic E-state index is 0.113. The zero-order valence-corrected chi connectivity index (χ0v) is 15.1. The van der Waals surface area contributed by atoms with Gasteiger partial charge in [0.25, 0.3) is 5.56 Å². The van der Waals surface area contributed by atoms with Crippen LogP contribution in [0.5, 0.6) is 0 Å².